The van der Waals surface area contributed by atoms with E-state index in [2.05, 4.69) is 71.0 Å². The van der Waals surface area contributed by atoms with Crippen LogP contribution in [0.2, 0.25) is 0 Å². The SMILES string of the molecule is CC.CC(C)Oc1ccc(S(=O)(=O)c2ccc(Oc3ccc(C(C)(C)c4ccc(C(C)(C)C)cc4)cc3)cc2)cc1. The van der Waals surface area contributed by atoms with Crippen molar-refractivity contribution in [2.45, 2.75) is 89.0 Å². The van der Waals surface area contributed by atoms with Gasteiger partial charge in [-0.1, -0.05) is 84.9 Å². The highest BCUT2D eigenvalue weighted by Gasteiger charge is 2.24. The van der Waals surface area contributed by atoms with E-state index in [-0.39, 0.29) is 26.7 Å². The monoisotopic (exact) mass is 572 g/mol. The van der Waals surface area contributed by atoms with Crippen molar-refractivity contribution in [1.29, 1.82) is 0 Å². The van der Waals surface area contributed by atoms with Crippen LogP contribution in [0.25, 0.3) is 0 Å². The van der Waals surface area contributed by atoms with Gasteiger partial charge in [0.1, 0.15) is 17.2 Å². The second-order valence-corrected chi connectivity index (χ2v) is 13.6. The van der Waals surface area contributed by atoms with Crippen LogP contribution in [-0.4, -0.2) is 14.5 Å². The molecule has 0 saturated heterocycles. The molecule has 0 aliphatic rings. The van der Waals surface area contributed by atoms with Gasteiger partial charge in [0, 0.05) is 5.41 Å². The molecule has 0 N–H and O–H groups in total. The zero-order valence-corrected chi connectivity index (χ0v) is 26.7. The van der Waals surface area contributed by atoms with Gasteiger partial charge in [0.25, 0.3) is 0 Å². The zero-order valence-electron chi connectivity index (χ0n) is 25.9. The minimum Gasteiger partial charge on any atom is -0.491 e. The van der Waals surface area contributed by atoms with Gasteiger partial charge in [-0.3, -0.25) is 0 Å². The molecule has 0 heterocycles. The predicted molar refractivity (Wildman–Crippen MR) is 169 cm³/mol. The average Bonchev–Trinajstić information content (AvgIpc) is 2.94. The van der Waals surface area contributed by atoms with Gasteiger partial charge in [-0.25, -0.2) is 8.42 Å². The molecule has 0 unspecified atom stereocenters. The van der Waals surface area contributed by atoms with Crippen molar-refractivity contribution in [2.24, 2.45) is 0 Å². The Bertz CT molecular complexity index is 1490. The van der Waals surface area contributed by atoms with Crippen molar-refractivity contribution in [3.05, 3.63) is 114 Å². The van der Waals surface area contributed by atoms with Crippen molar-refractivity contribution in [1.82, 2.24) is 0 Å². The molecule has 0 radical (unpaired) electrons. The first kappa shape index (κ1) is 32.0. The number of sulfone groups is 1. The molecule has 218 valence electrons. The lowest BCUT2D eigenvalue weighted by molar-refractivity contribution is 0.242. The predicted octanol–water partition coefficient (Wildman–Crippen LogP) is 9.75. The van der Waals surface area contributed by atoms with Gasteiger partial charge in [-0.05, 0) is 96.6 Å². The quantitative estimate of drug-likeness (QED) is 0.211. The summed E-state index contributed by atoms with van der Waals surface area (Å²) in [5.74, 6) is 1.90. The van der Waals surface area contributed by atoms with Crippen LogP contribution < -0.4 is 9.47 Å². The summed E-state index contributed by atoms with van der Waals surface area (Å²) < 4.78 is 37.8. The van der Waals surface area contributed by atoms with E-state index in [0.29, 0.717) is 17.2 Å². The number of hydrogen-bond donors (Lipinski definition) is 0. The Morgan fingerprint density at radius 2 is 0.878 bits per heavy atom. The summed E-state index contributed by atoms with van der Waals surface area (Å²) in [5, 5.41) is 0. The van der Waals surface area contributed by atoms with Gasteiger partial charge in [-0.15, -0.1) is 0 Å². The van der Waals surface area contributed by atoms with Gasteiger partial charge < -0.3 is 9.47 Å². The van der Waals surface area contributed by atoms with Gasteiger partial charge >= 0.3 is 0 Å². The van der Waals surface area contributed by atoms with E-state index in [4.69, 9.17) is 9.47 Å². The van der Waals surface area contributed by atoms with Crippen LogP contribution in [0.4, 0.5) is 0 Å². The fraction of sp³-hybridized carbons (Fsp3) is 0.333. The zero-order chi connectivity index (χ0) is 30.4. The summed E-state index contributed by atoms with van der Waals surface area (Å²) in [6.07, 6.45) is 0.0217. The van der Waals surface area contributed by atoms with Crippen molar-refractivity contribution in [2.75, 3.05) is 0 Å². The third-order valence-electron chi connectivity index (χ3n) is 6.92. The molecule has 0 amide bonds. The summed E-state index contributed by atoms with van der Waals surface area (Å²) in [5.41, 5.74) is 3.72. The molecule has 4 nitrogen and oxygen atoms in total. The largest absolute Gasteiger partial charge is 0.491 e. The third kappa shape index (κ3) is 7.80. The maximum atomic E-state index is 13.1. The van der Waals surface area contributed by atoms with E-state index in [9.17, 15) is 8.42 Å². The first-order chi connectivity index (χ1) is 19.3. The van der Waals surface area contributed by atoms with Gasteiger partial charge in [0.05, 0.1) is 15.9 Å². The molecule has 0 fully saturated rings. The van der Waals surface area contributed by atoms with E-state index in [1.807, 2.05) is 39.8 Å². The molecule has 4 aromatic carbocycles. The molecule has 0 aliphatic carbocycles. The van der Waals surface area contributed by atoms with Gasteiger partial charge in [0.15, 0.2) is 0 Å². The lowest BCUT2D eigenvalue weighted by Crippen LogP contribution is -2.19. The lowest BCUT2D eigenvalue weighted by Gasteiger charge is -2.28. The molecule has 0 aromatic heterocycles. The molecular weight excluding hydrogens is 528 g/mol. The molecule has 4 rings (SSSR count). The number of hydrogen-bond acceptors (Lipinski definition) is 4. The van der Waals surface area contributed by atoms with Crippen LogP contribution in [0.3, 0.4) is 0 Å². The average molecular weight is 573 g/mol. The van der Waals surface area contributed by atoms with E-state index in [1.54, 1.807) is 48.5 Å². The standard InChI is InChI=1S/C34H38O4S.C2H6/c1-24(2)37-28-16-20-31(21-17-28)39(35,36)32-22-18-30(19-23-32)38-29-14-12-27(13-15-29)34(6,7)26-10-8-25(9-11-26)33(3,4)5;1-2/h8-24H,1-7H3;1-2H3. The Labute approximate surface area is 247 Å². The molecule has 0 spiro atoms. The van der Waals surface area contributed by atoms with Crippen molar-refractivity contribution in [3.8, 4) is 17.2 Å². The van der Waals surface area contributed by atoms with E-state index in [0.717, 1.165) is 0 Å². The molecular formula is C36H44O4S. The van der Waals surface area contributed by atoms with Crippen molar-refractivity contribution >= 4 is 9.84 Å². The van der Waals surface area contributed by atoms with Crippen LogP contribution in [0, 0.1) is 0 Å². The first-order valence-corrected chi connectivity index (χ1v) is 15.8. The second kappa shape index (κ2) is 12.9. The fourth-order valence-corrected chi connectivity index (χ4v) is 5.68. The highest BCUT2D eigenvalue weighted by molar-refractivity contribution is 7.91. The molecule has 41 heavy (non-hydrogen) atoms. The Hall–Kier alpha value is -3.57. The Kier molecular flexibility index (Phi) is 10.1. The normalized spacial score (nSPS) is 12.0. The molecule has 0 atom stereocenters. The minimum atomic E-state index is -3.64. The highest BCUT2D eigenvalue weighted by atomic mass is 32.2. The Balaban J connectivity index is 0.00000226. The van der Waals surface area contributed by atoms with Gasteiger partial charge in [-0.2, -0.15) is 0 Å². The van der Waals surface area contributed by atoms with Crippen LogP contribution >= 0.6 is 0 Å². The van der Waals surface area contributed by atoms with E-state index in [1.165, 1.54) is 16.7 Å². The summed E-state index contributed by atoms with van der Waals surface area (Å²) in [4.78, 5) is 0.431. The highest BCUT2D eigenvalue weighted by Crippen LogP contribution is 2.35. The summed E-state index contributed by atoms with van der Waals surface area (Å²) in [6, 6.07) is 29.9. The second-order valence-electron chi connectivity index (χ2n) is 11.7. The maximum absolute atomic E-state index is 13.1. The lowest BCUT2D eigenvalue weighted by atomic mass is 9.77. The van der Waals surface area contributed by atoms with Gasteiger partial charge in [0.2, 0.25) is 9.84 Å². The number of benzene rings is 4. The molecule has 0 aliphatic heterocycles. The van der Waals surface area contributed by atoms with E-state index >= 15 is 0 Å². The van der Waals surface area contributed by atoms with Crippen LogP contribution in [0.15, 0.2) is 107 Å². The van der Waals surface area contributed by atoms with Crippen molar-refractivity contribution in [3.63, 3.8) is 0 Å². The van der Waals surface area contributed by atoms with E-state index < -0.39 is 9.84 Å². The summed E-state index contributed by atoms with van der Waals surface area (Å²) in [7, 11) is -3.64. The first-order valence-electron chi connectivity index (χ1n) is 14.3. The molecule has 0 bridgehead atoms. The molecule has 5 heteroatoms. The summed E-state index contributed by atoms with van der Waals surface area (Å²) >= 11 is 0. The molecule has 4 aromatic rings. The maximum Gasteiger partial charge on any atom is 0.206 e. The summed E-state index contributed by atoms with van der Waals surface area (Å²) in [6.45, 7) is 19.0. The number of ether oxygens (including phenoxy) is 2. The topological polar surface area (TPSA) is 52.6 Å². The smallest absolute Gasteiger partial charge is 0.206 e. The number of rotatable bonds is 8. The fourth-order valence-electron chi connectivity index (χ4n) is 4.42. The van der Waals surface area contributed by atoms with Crippen LogP contribution in [0.5, 0.6) is 17.2 Å². The van der Waals surface area contributed by atoms with Crippen LogP contribution in [0.1, 0.15) is 79.0 Å². The Morgan fingerprint density at radius 1 is 0.537 bits per heavy atom. The van der Waals surface area contributed by atoms with Crippen LogP contribution in [-0.2, 0) is 20.7 Å². The van der Waals surface area contributed by atoms with Crippen molar-refractivity contribution < 1.29 is 17.9 Å². The third-order valence-corrected chi connectivity index (χ3v) is 8.71. The Morgan fingerprint density at radius 3 is 1.27 bits per heavy atom. The minimum absolute atomic E-state index is 0.0217. The molecule has 0 saturated carbocycles.